The molecule has 0 heterocycles. The summed E-state index contributed by atoms with van der Waals surface area (Å²) in [6.45, 7) is 2.29. The molecule has 0 aliphatic heterocycles. The fraction of sp³-hybridized carbons (Fsp3) is 0.594. The van der Waals surface area contributed by atoms with Crippen molar-refractivity contribution in [2.24, 2.45) is 0 Å². The van der Waals surface area contributed by atoms with Crippen LogP contribution in [0.5, 0.6) is 11.5 Å². The number of carboxylic acids is 1. The molecule has 0 atom stereocenters. The van der Waals surface area contributed by atoms with Gasteiger partial charge in [-0.3, -0.25) is 0 Å². The third-order valence-corrected chi connectivity index (χ3v) is 6.53. The van der Waals surface area contributed by atoms with Crippen molar-refractivity contribution >= 4 is 11.7 Å². The van der Waals surface area contributed by atoms with Gasteiger partial charge in [0.1, 0.15) is 11.5 Å². The number of unbranched alkanes of at least 4 members (excludes halogenated alkanes) is 15. The molecule has 0 aromatic heterocycles. The lowest BCUT2D eigenvalue weighted by molar-refractivity contribution is 0.0697. The maximum atomic E-state index is 10.2. The first kappa shape index (κ1) is 34.3. The van der Waals surface area contributed by atoms with Gasteiger partial charge in [-0.1, -0.05) is 117 Å². The highest BCUT2D eigenvalue weighted by Crippen LogP contribution is 2.22. The summed E-state index contributed by atoms with van der Waals surface area (Å²) in [6.07, 6.45) is 23.5. The Morgan fingerprint density at radius 1 is 0.676 bits per heavy atom. The number of hydrogen-bond acceptors (Lipinski definition) is 4. The van der Waals surface area contributed by atoms with Gasteiger partial charge in [0.25, 0.3) is 0 Å². The number of carbonyl (C=O) groups is 1. The van der Waals surface area contributed by atoms with Crippen LogP contribution in [0.2, 0.25) is 0 Å². The maximum Gasteiger partial charge on any atom is 0.335 e. The molecule has 0 radical (unpaired) electrons. The van der Waals surface area contributed by atoms with Gasteiger partial charge in [-0.2, -0.15) is 0 Å². The Labute approximate surface area is 226 Å². The highest BCUT2D eigenvalue weighted by Gasteiger charge is 2.00. The summed E-state index contributed by atoms with van der Waals surface area (Å²) < 4.78 is 0. The van der Waals surface area contributed by atoms with Crippen LogP contribution in [-0.2, 0) is 6.42 Å². The minimum absolute atomic E-state index is 0. The zero-order chi connectivity index (χ0) is 26.4. The Morgan fingerprint density at radius 3 is 1.51 bits per heavy atom. The second-order valence-corrected chi connectivity index (χ2v) is 9.80. The molecule has 0 unspecified atom stereocenters. The molecular formula is C32H53NO4. The number of phenols is 2. The van der Waals surface area contributed by atoms with Crippen molar-refractivity contribution < 1.29 is 20.1 Å². The Hall–Kier alpha value is -2.69. The van der Waals surface area contributed by atoms with Crippen LogP contribution in [0.3, 0.4) is 0 Å². The van der Waals surface area contributed by atoms with Gasteiger partial charge in [0.05, 0.1) is 11.3 Å². The van der Waals surface area contributed by atoms with Crippen molar-refractivity contribution in [1.29, 1.82) is 0 Å². The van der Waals surface area contributed by atoms with Crippen LogP contribution in [0.25, 0.3) is 0 Å². The zero-order valence-corrected chi connectivity index (χ0v) is 22.4. The molecule has 37 heavy (non-hydrogen) atoms. The van der Waals surface area contributed by atoms with Gasteiger partial charge in [-0.15, -0.1) is 0 Å². The molecule has 5 heteroatoms. The van der Waals surface area contributed by atoms with Gasteiger partial charge < -0.3 is 21.1 Å². The molecule has 0 fully saturated rings. The first-order valence-corrected chi connectivity index (χ1v) is 14.0. The number of aromatic carboxylic acids is 1. The van der Waals surface area contributed by atoms with Crippen LogP contribution in [0.15, 0.2) is 42.5 Å². The van der Waals surface area contributed by atoms with E-state index in [2.05, 4.69) is 6.92 Å². The van der Waals surface area contributed by atoms with Crippen molar-refractivity contribution in [1.82, 2.24) is 0 Å². The van der Waals surface area contributed by atoms with Crippen LogP contribution >= 0.6 is 0 Å². The molecule has 2 aromatic carbocycles. The van der Waals surface area contributed by atoms with Crippen molar-refractivity contribution in [3.63, 3.8) is 0 Å². The standard InChI is InChI=1S/C24H43NO.C7H6O3.CH4/c1-2-3-4-5-6-7-8-9-10-11-12-13-14-15-16-17-18-22-19-20-24(26)23(25)21-22;8-6-3-1-5(2-4-6)7(9)10;/h19-21,26H,2-18,25H2,1H3;1-4,8H,(H,9,10);1H4. The van der Waals surface area contributed by atoms with Gasteiger partial charge in [0.2, 0.25) is 0 Å². The van der Waals surface area contributed by atoms with Gasteiger partial charge in [0, 0.05) is 0 Å². The monoisotopic (exact) mass is 515 g/mol. The van der Waals surface area contributed by atoms with Crippen molar-refractivity contribution in [2.45, 2.75) is 124 Å². The molecule has 0 saturated heterocycles. The number of aryl methyl sites for hydroxylation is 1. The summed E-state index contributed by atoms with van der Waals surface area (Å²) in [5.41, 5.74) is 7.65. The SMILES string of the molecule is C.CCCCCCCCCCCCCCCCCCc1ccc(O)c(N)c1.O=C(O)c1ccc(O)cc1. The van der Waals surface area contributed by atoms with E-state index in [1.807, 2.05) is 12.1 Å². The van der Waals surface area contributed by atoms with E-state index < -0.39 is 5.97 Å². The summed E-state index contributed by atoms with van der Waals surface area (Å²) in [4.78, 5) is 10.2. The topological polar surface area (TPSA) is 104 Å². The molecule has 0 amide bonds. The first-order chi connectivity index (χ1) is 17.4. The molecule has 0 saturated carbocycles. The number of nitrogen functional groups attached to an aromatic ring is 1. The zero-order valence-electron chi connectivity index (χ0n) is 22.4. The predicted octanol–water partition coefficient (Wildman–Crippen LogP) is 9.50. The Morgan fingerprint density at radius 2 is 1.11 bits per heavy atom. The van der Waals surface area contributed by atoms with E-state index in [1.165, 1.54) is 133 Å². The third kappa shape index (κ3) is 18.2. The van der Waals surface area contributed by atoms with Crippen molar-refractivity contribution in [2.75, 3.05) is 5.73 Å². The second-order valence-electron chi connectivity index (χ2n) is 9.80. The number of nitrogens with two attached hydrogens (primary N) is 1. The fourth-order valence-electron chi connectivity index (χ4n) is 4.24. The normalized spacial score (nSPS) is 10.3. The quantitative estimate of drug-likeness (QED) is 0.0899. The van der Waals surface area contributed by atoms with Crippen molar-refractivity contribution in [3.05, 3.63) is 53.6 Å². The number of carboxylic acid groups (broad SMARTS) is 1. The van der Waals surface area contributed by atoms with E-state index in [0.717, 1.165) is 6.42 Å². The Kier molecular flexibility index (Phi) is 20.9. The second kappa shape index (κ2) is 22.5. The average Bonchev–Trinajstić information content (AvgIpc) is 2.86. The lowest BCUT2D eigenvalue weighted by Gasteiger charge is -2.05. The largest absolute Gasteiger partial charge is 0.508 e. The van der Waals surface area contributed by atoms with Gasteiger partial charge in [0.15, 0.2) is 0 Å². The minimum atomic E-state index is -0.986. The van der Waals surface area contributed by atoms with E-state index in [9.17, 15) is 9.90 Å². The van der Waals surface area contributed by atoms with Crippen LogP contribution in [-0.4, -0.2) is 21.3 Å². The molecular weight excluding hydrogens is 462 g/mol. The molecule has 2 aromatic rings. The number of hydrogen-bond donors (Lipinski definition) is 4. The Balaban J connectivity index is 0.000000984. The number of anilines is 1. The average molecular weight is 516 g/mol. The number of rotatable bonds is 18. The molecule has 5 nitrogen and oxygen atoms in total. The maximum absolute atomic E-state index is 10.2. The van der Waals surface area contributed by atoms with Gasteiger partial charge in [-0.25, -0.2) is 4.79 Å². The van der Waals surface area contributed by atoms with Crippen molar-refractivity contribution in [3.8, 4) is 11.5 Å². The molecule has 0 bridgehead atoms. The van der Waals surface area contributed by atoms with Crippen LogP contribution in [0, 0.1) is 0 Å². The third-order valence-electron chi connectivity index (χ3n) is 6.53. The van der Waals surface area contributed by atoms with Gasteiger partial charge in [-0.05, 0) is 54.8 Å². The summed E-state index contributed by atoms with van der Waals surface area (Å²) in [7, 11) is 0. The van der Waals surface area contributed by atoms with E-state index in [1.54, 1.807) is 6.07 Å². The Bertz CT molecular complexity index is 820. The highest BCUT2D eigenvalue weighted by molar-refractivity contribution is 5.87. The fourth-order valence-corrected chi connectivity index (χ4v) is 4.24. The molecule has 210 valence electrons. The highest BCUT2D eigenvalue weighted by atomic mass is 16.4. The van der Waals surface area contributed by atoms with E-state index >= 15 is 0 Å². The smallest absolute Gasteiger partial charge is 0.335 e. The van der Waals surface area contributed by atoms with E-state index in [-0.39, 0.29) is 24.5 Å². The van der Waals surface area contributed by atoms with Crippen LogP contribution in [0.1, 0.15) is 133 Å². The molecule has 2 rings (SSSR count). The summed E-state index contributed by atoms with van der Waals surface area (Å²) in [5.74, 6) is -0.717. The number of aromatic hydroxyl groups is 2. The molecule has 5 N–H and O–H groups in total. The molecule has 0 aliphatic carbocycles. The van der Waals surface area contributed by atoms with Crippen LogP contribution < -0.4 is 5.73 Å². The molecule has 0 aliphatic rings. The summed E-state index contributed by atoms with van der Waals surface area (Å²) in [6, 6.07) is 11.0. The van der Waals surface area contributed by atoms with E-state index in [4.69, 9.17) is 15.9 Å². The van der Waals surface area contributed by atoms with E-state index in [0.29, 0.717) is 5.69 Å². The first-order valence-electron chi connectivity index (χ1n) is 14.0. The number of benzene rings is 2. The minimum Gasteiger partial charge on any atom is -0.508 e. The number of phenolic OH excluding ortho intramolecular Hbond substituents is 2. The summed E-state index contributed by atoms with van der Waals surface area (Å²) in [5, 5.41) is 26.6. The lowest BCUT2D eigenvalue weighted by Crippen LogP contribution is -1.93. The summed E-state index contributed by atoms with van der Waals surface area (Å²) >= 11 is 0. The predicted molar refractivity (Wildman–Crippen MR) is 158 cm³/mol. The van der Waals surface area contributed by atoms with Gasteiger partial charge >= 0.3 is 5.97 Å². The molecule has 0 spiro atoms. The van der Waals surface area contributed by atoms with Crippen LogP contribution in [0.4, 0.5) is 5.69 Å². The lowest BCUT2D eigenvalue weighted by atomic mass is 10.0.